The number of rotatable bonds is 2. The van der Waals surface area contributed by atoms with Gasteiger partial charge >= 0.3 is 0 Å². The molecule has 1 amide bonds. The molecule has 1 saturated heterocycles. The van der Waals surface area contributed by atoms with Gasteiger partial charge in [0.25, 0.3) is 0 Å². The highest BCUT2D eigenvalue weighted by Crippen LogP contribution is 2.29. The molecule has 0 bridgehead atoms. The maximum atomic E-state index is 11.8. The highest BCUT2D eigenvalue weighted by Gasteiger charge is 2.30. The number of pyridine rings is 1. The smallest absolute Gasteiger partial charge is 0.227 e. The minimum atomic E-state index is 0.108. The van der Waals surface area contributed by atoms with Gasteiger partial charge < -0.3 is 10.6 Å². The SMILES string of the molecule is Cc1ccc(N2CC(CS)CC2=O)c(N)n1. The second-order valence-electron chi connectivity index (χ2n) is 4.11. The fraction of sp³-hybridized carbons (Fsp3) is 0.455. The Morgan fingerprint density at radius 1 is 1.62 bits per heavy atom. The van der Waals surface area contributed by atoms with Gasteiger partial charge in [0.1, 0.15) is 5.82 Å². The van der Waals surface area contributed by atoms with Crippen LogP contribution in [0.4, 0.5) is 11.5 Å². The Morgan fingerprint density at radius 3 is 2.94 bits per heavy atom. The van der Waals surface area contributed by atoms with Crippen LogP contribution in [0.25, 0.3) is 0 Å². The second-order valence-corrected chi connectivity index (χ2v) is 4.48. The summed E-state index contributed by atoms with van der Waals surface area (Å²) in [6, 6.07) is 3.73. The Hall–Kier alpha value is -1.23. The first-order valence-corrected chi connectivity index (χ1v) is 5.89. The number of hydrogen-bond donors (Lipinski definition) is 2. The van der Waals surface area contributed by atoms with E-state index in [1.165, 1.54) is 0 Å². The zero-order valence-electron chi connectivity index (χ0n) is 9.18. The van der Waals surface area contributed by atoms with Crippen LogP contribution >= 0.6 is 12.6 Å². The number of aryl methyl sites for hydroxylation is 1. The Kier molecular flexibility index (Phi) is 3.05. The van der Waals surface area contributed by atoms with Crippen LogP contribution in [0, 0.1) is 12.8 Å². The van der Waals surface area contributed by atoms with Gasteiger partial charge in [-0.15, -0.1) is 0 Å². The summed E-state index contributed by atoms with van der Waals surface area (Å²) in [6.45, 7) is 2.57. The fourth-order valence-electron chi connectivity index (χ4n) is 1.93. The second kappa shape index (κ2) is 4.33. The molecular formula is C11H15N3OS. The number of carbonyl (C=O) groups is 1. The molecule has 1 fully saturated rings. The third-order valence-electron chi connectivity index (χ3n) is 2.80. The number of aromatic nitrogens is 1. The zero-order chi connectivity index (χ0) is 11.7. The molecule has 1 aromatic rings. The molecule has 1 aromatic heterocycles. The van der Waals surface area contributed by atoms with E-state index in [9.17, 15) is 4.79 Å². The van der Waals surface area contributed by atoms with Gasteiger partial charge in [0, 0.05) is 18.7 Å². The summed E-state index contributed by atoms with van der Waals surface area (Å²) in [4.78, 5) is 17.7. The standard InChI is InChI=1S/C11H15N3OS/c1-7-2-3-9(11(12)13-7)14-5-8(6-16)4-10(14)15/h2-3,8,16H,4-6H2,1H3,(H2,12,13). The van der Waals surface area contributed by atoms with Gasteiger partial charge in [-0.2, -0.15) is 12.6 Å². The molecule has 0 radical (unpaired) electrons. The van der Waals surface area contributed by atoms with Crippen molar-refractivity contribution < 1.29 is 4.79 Å². The van der Waals surface area contributed by atoms with Crippen molar-refractivity contribution in [3.05, 3.63) is 17.8 Å². The van der Waals surface area contributed by atoms with Crippen molar-refractivity contribution in [1.29, 1.82) is 0 Å². The normalized spacial score (nSPS) is 20.5. The van der Waals surface area contributed by atoms with Crippen molar-refractivity contribution >= 4 is 30.0 Å². The van der Waals surface area contributed by atoms with Gasteiger partial charge in [0.2, 0.25) is 5.91 Å². The number of nitrogens with zero attached hydrogens (tertiary/aromatic N) is 2. The summed E-state index contributed by atoms with van der Waals surface area (Å²) < 4.78 is 0. The molecule has 16 heavy (non-hydrogen) atoms. The van der Waals surface area contributed by atoms with Crippen LogP contribution in [0.5, 0.6) is 0 Å². The Balaban J connectivity index is 2.28. The number of carbonyl (C=O) groups excluding carboxylic acids is 1. The lowest BCUT2D eigenvalue weighted by Crippen LogP contribution is -2.26. The molecule has 1 aliphatic rings. The van der Waals surface area contributed by atoms with Crippen molar-refractivity contribution in [3.63, 3.8) is 0 Å². The van der Waals surface area contributed by atoms with E-state index in [2.05, 4.69) is 17.6 Å². The number of nitrogens with two attached hydrogens (primary N) is 1. The van der Waals surface area contributed by atoms with Crippen LogP contribution < -0.4 is 10.6 Å². The van der Waals surface area contributed by atoms with Crippen LogP contribution in [0.3, 0.4) is 0 Å². The van der Waals surface area contributed by atoms with E-state index >= 15 is 0 Å². The molecule has 2 rings (SSSR count). The largest absolute Gasteiger partial charge is 0.382 e. The molecular weight excluding hydrogens is 222 g/mol. The minimum absolute atomic E-state index is 0.108. The van der Waals surface area contributed by atoms with Gasteiger partial charge in [-0.05, 0) is 30.7 Å². The summed E-state index contributed by atoms with van der Waals surface area (Å²) in [5.74, 6) is 1.57. The molecule has 2 N–H and O–H groups in total. The van der Waals surface area contributed by atoms with Gasteiger partial charge in [0.05, 0.1) is 5.69 Å². The molecule has 0 spiro atoms. The van der Waals surface area contributed by atoms with Crippen LogP contribution in [-0.2, 0) is 4.79 Å². The molecule has 0 saturated carbocycles. The summed E-state index contributed by atoms with van der Waals surface area (Å²) in [6.07, 6.45) is 0.552. The predicted molar refractivity (Wildman–Crippen MR) is 67.7 cm³/mol. The minimum Gasteiger partial charge on any atom is -0.382 e. The molecule has 0 aliphatic carbocycles. The average Bonchev–Trinajstić information content (AvgIpc) is 2.60. The molecule has 1 aliphatic heterocycles. The van der Waals surface area contributed by atoms with E-state index in [0.29, 0.717) is 24.7 Å². The first-order valence-electron chi connectivity index (χ1n) is 5.26. The van der Waals surface area contributed by atoms with Crippen LogP contribution in [0.2, 0.25) is 0 Å². The van der Waals surface area contributed by atoms with E-state index in [4.69, 9.17) is 5.73 Å². The molecule has 1 atom stereocenters. The van der Waals surface area contributed by atoms with E-state index in [1.807, 2.05) is 19.1 Å². The number of hydrogen-bond acceptors (Lipinski definition) is 4. The number of thiol groups is 1. The summed E-state index contributed by atoms with van der Waals surface area (Å²) >= 11 is 4.23. The van der Waals surface area contributed by atoms with E-state index in [1.54, 1.807) is 4.90 Å². The van der Waals surface area contributed by atoms with Crippen molar-refractivity contribution in [1.82, 2.24) is 4.98 Å². The summed E-state index contributed by atoms with van der Waals surface area (Å²) in [7, 11) is 0. The van der Waals surface area contributed by atoms with Crippen LogP contribution in [0.1, 0.15) is 12.1 Å². The Morgan fingerprint density at radius 2 is 2.38 bits per heavy atom. The van der Waals surface area contributed by atoms with Gasteiger partial charge in [-0.3, -0.25) is 4.79 Å². The van der Waals surface area contributed by atoms with Crippen molar-refractivity contribution in [3.8, 4) is 0 Å². The average molecular weight is 237 g/mol. The maximum Gasteiger partial charge on any atom is 0.227 e. The summed E-state index contributed by atoms with van der Waals surface area (Å²) in [5.41, 5.74) is 7.41. The van der Waals surface area contributed by atoms with E-state index < -0.39 is 0 Å². The molecule has 1 unspecified atom stereocenters. The zero-order valence-corrected chi connectivity index (χ0v) is 10.1. The third-order valence-corrected chi connectivity index (χ3v) is 3.31. The monoisotopic (exact) mass is 237 g/mol. The van der Waals surface area contributed by atoms with Crippen molar-refractivity contribution in [2.24, 2.45) is 5.92 Å². The van der Waals surface area contributed by atoms with Gasteiger partial charge in [0.15, 0.2) is 0 Å². The van der Waals surface area contributed by atoms with Crippen LogP contribution in [-0.4, -0.2) is 23.2 Å². The molecule has 5 heteroatoms. The van der Waals surface area contributed by atoms with Crippen LogP contribution in [0.15, 0.2) is 12.1 Å². The van der Waals surface area contributed by atoms with Crippen molar-refractivity contribution in [2.45, 2.75) is 13.3 Å². The number of nitrogen functional groups attached to an aromatic ring is 1. The van der Waals surface area contributed by atoms with E-state index in [-0.39, 0.29) is 5.91 Å². The lowest BCUT2D eigenvalue weighted by atomic mass is 10.1. The van der Waals surface area contributed by atoms with Gasteiger partial charge in [-0.1, -0.05) is 0 Å². The third kappa shape index (κ3) is 2.00. The van der Waals surface area contributed by atoms with Gasteiger partial charge in [-0.25, -0.2) is 4.98 Å². The summed E-state index contributed by atoms with van der Waals surface area (Å²) in [5, 5.41) is 0. The molecule has 4 nitrogen and oxygen atoms in total. The first-order chi connectivity index (χ1) is 7.61. The lowest BCUT2D eigenvalue weighted by molar-refractivity contribution is -0.117. The lowest BCUT2D eigenvalue weighted by Gasteiger charge is -2.18. The molecule has 86 valence electrons. The number of anilines is 2. The highest BCUT2D eigenvalue weighted by molar-refractivity contribution is 7.80. The Bertz CT molecular complexity index is 422. The van der Waals surface area contributed by atoms with E-state index in [0.717, 1.165) is 17.1 Å². The molecule has 0 aromatic carbocycles. The maximum absolute atomic E-state index is 11.8. The first kappa shape index (κ1) is 11.3. The predicted octanol–water partition coefficient (Wildman–Crippen LogP) is 1.25. The topological polar surface area (TPSA) is 59.2 Å². The molecule has 2 heterocycles. The highest BCUT2D eigenvalue weighted by atomic mass is 32.1. The van der Waals surface area contributed by atoms with Crippen molar-refractivity contribution in [2.75, 3.05) is 22.9 Å². The number of amides is 1. The Labute approximate surface area is 100 Å². The quantitative estimate of drug-likeness (QED) is 0.761. The fourth-order valence-corrected chi connectivity index (χ4v) is 2.18.